The lowest BCUT2D eigenvalue weighted by Gasteiger charge is -2.02. The number of carbonyl (C=O) groups is 2. The molecule has 0 spiro atoms. The van der Waals surface area contributed by atoms with Gasteiger partial charge < -0.3 is 5.32 Å². The molecular formula is C9H9N3O2. The molecule has 1 amide bonds. The largest absolute Gasteiger partial charge is 0.319 e. The summed E-state index contributed by atoms with van der Waals surface area (Å²) < 4.78 is 0. The summed E-state index contributed by atoms with van der Waals surface area (Å²) in [6, 6.07) is 3.27. The summed E-state index contributed by atoms with van der Waals surface area (Å²) in [4.78, 5) is 25.6. The van der Waals surface area contributed by atoms with Crippen molar-refractivity contribution in [1.82, 2.24) is 4.98 Å². The van der Waals surface area contributed by atoms with Gasteiger partial charge in [-0.2, -0.15) is 0 Å². The molecule has 5 heteroatoms. The van der Waals surface area contributed by atoms with Crippen LogP contribution in [0.5, 0.6) is 0 Å². The minimum Gasteiger partial charge on any atom is -0.319 e. The Bertz CT molecular complexity index is 373. The predicted molar refractivity (Wildman–Crippen MR) is 51.3 cm³/mol. The lowest BCUT2D eigenvalue weighted by Crippen LogP contribution is -2.27. The van der Waals surface area contributed by atoms with Gasteiger partial charge in [0.25, 0.3) is 5.91 Å². The number of nitrogens with zero attached hydrogens (tertiary/aromatic N) is 1. The Kier molecular flexibility index (Phi) is 3.06. The average Bonchev–Trinajstić information content (AvgIpc) is 2.18. The molecule has 0 saturated carbocycles. The maximum Gasteiger partial charge on any atom is 0.277 e. The van der Waals surface area contributed by atoms with E-state index in [0.29, 0.717) is 5.69 Å². The average molecular weight is 191 g/mol. The van der Waals surface area contributed by atoms with Crippen LogP contribution in [-0.4, -0.2) is 22.4 Å². The number of hydrogen-bond acceptors (Lipinski definition) is 4. The maximum atomic E-state index is 11.2. The summed E-state index contributed by atoms with van der Waals surface area (Å²) in [7, 11) is 0. The fraction of sp³-hybridized carbons (Fsp3) is 0.111. The van der Waals surface area contributed by atoms with E-state index in [2.05, 4.69) is 10.3 Å². The van der Waals surface area contributed by atoms with Gasteiger partial charge >= 0.3 is 0 Å². The first kappa shape index (κ1) is 10.0. The molecule has 0 aliphatic carbocycles. The van der Waals surface area contributed by atoms with Crippen LogP contribution in [0.1, 0.15) is 6.92 Å². The molecule has 0 aliphatic rings. The Balaban J connectivity index is 2.67. The van der Waals surface area contributed by atoms with Crippen molar-refractivity contribution >= 4 is 23.1 Å². The van der Waals surface area contributed by atoms with E-state index in [-0.39, 0.29) is 0 Å². The highest BCUT2D eigenvalue weighted by atomic mass is 16.2. The Morgan fingerprint density at radius 1 is 1.50 bits per heavy atom. The first-order valence-corrected chi connectivity index (χ1v) is 3.92. The molecule has 0 aliphatic heterocycles. The number of nitrogens with one attached hydrogen (secondary N) is 2. The molecule has 0 unspecified atom stereocenters. The van der Waals surface area contributed by atoms with E-state index >= 15 is 0 Å². The number of aromatic nitrogens is 1. The van der Waals surface area contributed by atoms with Gasteiger partial charge in [0.15, 0.2) is 11.5 Å². The van der Waals surface area contributed by atoms with Crippen LogP contribution in [0, 0.1) is 5.41 Å². The molecule has 72 valence electrons. The van der Waals surface area contributed by atoms with Crippen LogP contribution in [0.25, 0.3) is 0 Å². The first-order chi connectivity index (χ1) is 6.61. The smallest absolute Gasteiger partial charge is 0.277 e. The quantitative estimate of drug-likeness (QED) is 0.543. The zero-order chi connectivity index (χ0) is 10.6. The molecule has 0 radical (unpaired) electrons. The minimum absolute atomic E-state index is 0.462. The van der Waals surface area contributed by atoms with E-state index in [4.69, 9.17) is 5.41 Å². The van der Waals surface area contributed by atoms with Crippen molar-refractivity contribution in [2.24, 2.45) is 0 Å². The van der Waals surface area contributed by atoms with Crippen LogP contribution >= 0.6 is 0 Å². The van der Waals surface area contributed by atoms with Crippen LogP contribution < -0.4 is 5.32 Å². The zero-order valence-corrected chi connectivity index (χ0v) is 7.57. The summed E-state index contributed by atoms with van der Waals surface area (Å²) in [5, 5.41) is 9.49. The molecule has 0 atom stereocenters. The highest BCUT2D eigenvalue weighted by Gasteiger charge is 2.13. The van der Waals surface area contributed by atoms with Crippen molar-refractivity contribution in [2.75, 3.05) is 5.32 Å². The van der Waals surface area contributed by atoms with Gasteiger partial charge in [-0.3, -0.25) is 20.0 Å². The number of ketones is 1. The number of amides is 1. The third-order valence-electron chi connectivity index (χ3n) is 1.50. The molecule has 0 saturated heterocycles. The fourth-order valence-electron chi connectivity index (χ4n) is 0.790. The van der Waals surface area contributed by atoms with Gasteiger partial charge in [-0.1, -0.05) is 0 Å². The fourth-order valence-corrected chi connectivity index (χ4v) is 0.790. The van der Waals surface area contributed by atoms with E-state index in [1.165, 1.54) is 13.1 Å². The zero-order valence-electron chi connectivity index (χ0n) is 7.57. The normalized spacial score (nSPS) is 9.21. The molecule has 14 heavy (non-hydrogen) atoms. The number of pyridine rings is 1. The van der Waals surface area contributed by atoms with Crippen LogP contribution in [0.4, 0.5) is 5.69 Å². The molecule has 0 aromatic carbocycles. The van der Waals surface area contributed by atoms with Gasteiger partial charge in [-0.05, 0) is 12.1 Å². The summed E-state index contributed by atoms with van der Waals surface area (Å²) in [5.41, 5.74) is -0.0997. The number of hydrogen-bond donors (Lipinski definition) is 2. The monoisotopic (exact) mass is 191 g/mol. The van der Waals surface area contributed by atoms with Gasteiger partial charge in [-0.15, -0.1) is 0 Å². The second-order valence-corrected chi connectivity index (χ2v) is 2.63. The first-order valence-electron chi connectivity index (χ1n) is 3.92. The summed E-state index contributed by atoms with van der Waals surface area (Å²) in [6.45, 7) is 1.17. The van der Waals surface area contributed by atoms with Gasteiger partial charge in [-0.25, -0.2) is 0 Å². The number of rotatable bonds is 3. The standard InChI is InChI=1S/C9H9N3O2/c1-6(13)8(10)9(14)12-7-3-2-4-11-5-7/h2-5,10H,1H3,(H,12,14). The van der Waals surface area contributed by atoms with Crippen LogP contribution in [0.15, 0.2) is 24.5 Å². The summed E-state index contributed by atoms with van der Waals surface area (Å²) in [6.07, 6.45) is 3.00. The van der Waals surface area contributed by atoms with Gasteiger partial charge in [0.05, 0.1) is 11.9 Å². The molecule has 1 aromatic heterocycles. The minimum atomic E-state index is -0.717. The van der Waals surface area contributed by atoms with Gasteiger partial charge in [0.1, 0.15) is 0 Å². The topological polar surface area (TPSA) is 82.9 Å². The summed E-state index contributed by atoms with van der Waals surface area (Å²) >= 11 is 0. The Hall–Kier alpha value is -2.04. The Labute approximate surface area is 80.7 Å². The van der Waals surface area contributed by atoms with E-state index in [9.17, 15) is 9.59 Å². The van der Waals surface area contributed by atoms with Crippen molar-refractivity contribution in [3.63, 3.8) is 0 Å². The van der Waals surface area contributed by atoms with E-state index in [0.717, 1.165) is 0 Å². The van der Waals surface area contributed by atoms with Crippen LogP contribution in [0.3, 0.4) is 0 Å². The lowest BCUT2D eigenvalue weighted by atomic mass is 10.2. The second-order valence-electron chi connectivity index (χ2n) is 2.63. The van der Waals surface area contributed by atoms with Crippen molar-refractivity contribution in [2.45, 2.75) is 6.92 Å². The molecule has 1 rings (SSSR count). The van der Waals surface area contributed by atoms with Gasteiger partial charge in [0.2, 0.25) is 0 Å². The van der Waals surface area contributed by atoms with Crippen molar-refractivity contribution < 1.29 is 9.59 Å². The van der Waals surface area contributed by atoms with Crippen molar-refractivity contribution in [3.8, 4) is 0 Å². The third kappa shape index (κ3) is 2.48. The molecule has 1 aromatic rings. The van der Waals surface area contributed by atoms with Crippen molar-refractivity contribution in [1.29, 1.82) is 5.41 Å². The second kappa shape index (κ2) is 4.27. The molecule has 2 N–H and O–H groups in total. The number of carbonyl (C=O) groups excluding carboxylic acids is 2. The van der Waals surface area contributed by atoms with Crippen LogP contribution in [-0.2, 0) is 9.59 Å². The number of Topliss-reactive ketones (excluding diaryl/α,β-unsaturated/α-hetero) is 1. The highest BCUT2D eigenvalue weighted by molar-refractivity contribution is 6.66. The SMILES string of the molecule is CC(=O)C(=N)C(=O)Nc1cccnc1. The Morgan fingerprint density at radius 3 is 2.71 bits per heavy atom. The lowest BCUT2D eigenvalue weighted by molar-refractivity contribution is -0.114. The number of anilines is 1. The van der Waals surface area contributed by atoms with E-state index in [1.807, 2.05) is 0 Å². The summed E-state index contributed by atoms with van der Waals surface area (Å²) in [5.74, 6) is -1.28. The highest BCUT2D eigenvalue weighted by Crippen LogP contribution is 2.02. The maximum absolute atomic E-state index is 11.2. The van der Waals surface area contributed by atoms with E-state index in [1.54, 1.807) is 18.3 Å². The van der Waals surface area contributed by atoms with Gasteiger partial charge in [0, 0.05) is 13.1 Å². The predicted octanol–water partition coefficient (Wildman–Crippen LogP) is 0.629. The van der Waals surface area contributed by atoms with Crippen LogP contribution in [0.2, 0.25) is 0 Å². The molecule has 0 bridgehead atoms. The van der Waals surface area contributed by atoms with Crippen molar-refractivity contribution in [3.05, 3.63) is 24.5 Å². The molecular weight excluding hydrogens is 182 g/mol. The van der Waals surface area contributed by atoms with E-state index < -0.39 is 17.4 Å². The molecule has 1 heterocycles. The molecule has 0 fully saturated rings. The Morgan fingerprint density at radius 2 is 2.21 bits per heavy atom. The molecule has 5 nitrogen and oxygen atoms in total. The third-order valence-corrected chi connectivity index (χ3v) is 1.50.